The molecule has 12 heteroatoms. The molecule has 0 radical (unpaired) electrons. The molecule has 0 saturated carbocycles. The molecule has 3 aromatic carbocycles. The second-order valence-corrected chi connectivity index (χ2v) is 10.5. The Bertz CT molecular complexity index is 1820. The van der Waals surface area contributed by atoms with Gasteiger partial charge in [0.15, 0.2) is 11.6 Å². The zero-order valence-corrected chi connectivity index (χ0v) is 23.9. The summed E-state index contributed by atoms with van der Waals surface area (Å²) in [7, 11) is 2.54. The maximum Gasteiger partial charge on any atom is 0.416 e. The van der Waals surface area contributed by atoms with Crippen LogP contribution in [0.4, 0.5) is 26.3 Å². The zero-order chi connectivity index (χ0) is 31.1. The number of rotatable bonds is 7. The number of fused-ring (bicyclic) bond motifs is 1. The minimum Gasteiger partial charge on any atom is -0.494 e. The van der Waals surface area contributed by atoms with Gasteiger partial charge in [0.25, 0.3) is 5.56 Å². The monoisotopic (exact) mass is 618 g/mol. The van der Waals surface area contributed by atoms with Gasteiger partial charge in [-0.25, -0.2) is 13.2 Å². The van der Waals surface area contributed by atoms with Crippen LogP contribution in [0.1, 0.15) is 27.8 Å². The topological polar surface area (TPSA) is 52.5 Å². The Morgan fingerprint density at radius 1 is 0.953 bits per heavy atom. The molecule has 5 rings (SSSR count). The minimum atomic E-state index is -4.86. The Morgan fingerprint density at radius 2 is 1.65 bits per heavy atom. The van der Waals surface area contributed by atoms with Gasteiger partial charge >= 0.3 is 6.18 Å². The summed E-state index contributed by atoms with van der Waals surface area (Å²) < 4.78 is 93.9. The fourth-order valence-corrected chi connectivity index (χ4v) is 6.46. The fraction of sp³-hybridized carbons (Fsp3) is 0.194. The summed E-state index contributed by atoms with van der Waals surface area (Å²) in [5, 5.41) is 0.215. The van der Waals surface area contributed by atoms with Gasteiger partial charge in [0.2, 0.25) is 0 Å². The van der Waals surface area contributed by atoms with E-state index in [0.717, 1.165) is 30.0 Å². The highest BCUT2D eigenvalue weighted by Crippen LogP contribution is 2.43. The summed E-state index contributed by atoms with van der Waals surface area (Å²) >= 11 is 1.10. The highest BCUT2D eigenvalue weighted by atomic mass is 32.2. The second kappa shape index (κ2) is 11.8. The summed E-state index contributed by atoms with van der Waals surface area (Å²) in [6, 6.07) is 12.6. The van der Waals surface area contributed by atoms with Gasteiger partial charge in [-0.15, -0.1) is 11.8 Å². The predicted molar refractivity (Wildman–Crippen MR) is 152 cm³/mol. The first-order chi connectivity index (χ1) is 20.5. The van der Waals surface area contributed by atoms with Crippen molar-refractivity contribution >= 4 is 23.2 Å². The second-order valence-electron chi connectivity index (χ2n) is 9.58. The van der Waals surface area contributed by atoms with Crippen LogP contribution in [0.15, 0.2) is 70.5 Å². The summed E-state index contributed by atoms with van der Waals surface area (Å²) in [6.45, 7) is 1.48. The van der Waals surface area contributed by atoms with Crippen molar-refractivity contribution in [2.24, 2.45) is 0 Å². The van der Waals surface area contributed by atoms with Crippen molar-refractivity contribution in [3.63, 3.8) is 0 Å². The molecule has 2 heterocycles. The first kappa shape index (κ1) is 30.3. The number of hydroxylamine groups is 1. The number of hydrogen-bond acceptors (Lipinski definition) is 5. The van der Waals surface area contributed by atoms with Crippen molar-refractivity contribution in [3.8, 4) is 16.9 Å². The summed E-state index contributed by atoms with van der Waals surface area (Å²) in [4.78, 5) is 19.4. The van der Waals surface area contributed by atoms with Crippen molar-refractivity contribution in [2.45, 2.75) is 24.5 Å². The van der Waals surface area contributed by atoms with Crippen LogP contribution in [0.3, 0.4) is 0 Å². The van der Waals surface area contributed by atoms with Crippen LogP contribution in [0, 0.1) is 24.4 Å². The Labute approximate surface area is 246 Å². The van der Waals surface area contributed by atoms with Crippen molar-refractivity contribution in [1.29, 1.82) is 0 Å². The Morgan fingerprint density at radius 3 is 2.33 bits per heavy atom. The third-order valence-electron chi connectivity index (χ3n) is 7.19. The van der Waals surface area contributed by atoms with E-state index in [0.29, 0.717) is 0 Å². The number of nitrogens with zero attached hydrogens (tertiary/aromatic N) is 1. The van der Waals surface area contributed by atoms with Crippen LogP contribution in [-0.2, 0) is 17.4 Å². The highest BCUT2D eigenvalue weighted by Gasteiger charge is 2.36. The molecule has 0 bridgehead atoms. The lowest BCUT2D eigenvalue weighted by atomic mass is 9.92. The average Bonchev–Trinajstić information content (AvgIpc) is 3.40. The average molecular weight is 619 g/mol. The number of benzene rings is 3. The molecule has 0 atom stereocenters. The van der Waals surface area contributed by atoms with Gasteiger partial charge in [0.05, 0.1) is 41.8 Å². The van der Waals surface area contributed by atoms with E-state index in [1.165, 1.54) is 62.1 Å². The van der Waals surface area contributed by atoms with E-state index in [1.807, 2.05) is 0 Å². The smallest absolute Gasteiger partial charge is 0.416 e. The largest absolute Gasteiger partial charge is 0.494 e. The van der Waals surface area contributed by atoms with E-state index in [2.05, 4.69) is 5.48 Å². The predicted octanol–water partition coefficient (Wildman–Crippen LogP) is 7.44. The third-order valence-corrected chi connectivity index (χ3v) is 8.31. The molecule has 0 fully saturated rings. The van der Waals surface area contributed by atoms with Crippen molar-refractivity contribution in [3.05, 3.63) is 116 Å². The van der Waals surface area contributed by atoms with Crippen LogP contribution >= 0.6 is 11.8 Å². The summed E-state index contributed by atoms with van der Waals surface area (Å²) in [5.74, 6) is -2.67. The molecule has 1 aliphatic rings. The SMILES string of the molecule is CONC(=C1CSc2c(Cc3c(F)cccc3C(F)(F)F)c(C)c(-c3cccc(OC)c3F)c(=O)n21)c1ccccc1F. The van der Waals surface area contributed by atoms with E-state index in [4.69, 9.17) is 9.57 Å². The van der Waals surface area contributed by atoms with Gasteiger partial charge in [-0.1, -0.05) is 30.3 Å². The molecule has 5 nitrogen and oxygen atoms in total. The molecule has 4 aromatic rings. The molecule has 1 aromatic heterocycles. The summed E-state index contributed by atoms with van der Waals surface area (Å²) in [6.07, 6.45) is -5.42. The highest BCUT2D eigenvalue weighted by molar-refractivity contribution is 8.00. The molecule has 0 unspecified atom stereocenters. The number of halogens is 6. The number of alkyl halides is 3. The van der Waals surface area contributed by atoms with E-state index in [9.17, 15) is 22.4 Å². The lowest BCUT2D eigenvalue weighted by molar-refractivity contribution is -0.138. The molecule has 224 valence electrons. The van der Waals surface area contributed by atoms with Crippen molar-refractivity contribution in [1.82, 2.24) is 10.0 Å². The lowest BCUT2D eigenvalue weighted by Gasteiger charge is -2.21. The zero-order valence-electron chi connectivity index (χ0n) is 23.0. The maximum atomic E-state index is 15.6. The van der Waals surface area contributed by atoms with E-state index in [-0.39, 0.29) is 55.7 Å². The van der Waals surface area contributed by atoms with Gasteiger partial charge in [-0.2, -0.15) is 13.2 Å². The quantitative estimate of drug-likeness (QED) is 0.172. The standard InChI is InChI=1S/C31H24F6N2O3S/c1-16-19(14-20-21(31(35,36)37)10-7-12-23(20)33)30-39(29(40)26(16)18-9-6-13-25(41-2)27(18)34)24(15-43-30)28(38-42-3)17-8-4-5-11-22(17)32/h4-13,38H,14-15H2,1-3H3. The number of thioether (sulfide) groups is 1. The Balaban J connectivity index is 1.88. The molecular weight excluding hydrogens is 594 g/mol. The Kier molecular flexibility index (Phi) is 8.35. The van der Waals surface area contributed by atoms with Crippen LogP contribution in [-0.4, -0.2) is 24.5 Å². The van der Waals surface area contributed by atoms with Crippen LogP contribution in [0.5, 0.6) is 5.75 Å². The number of methoxy groups -OCH3 is 1. The normalized spacial score (nSPS) is 14.1. The number of hydrogen-bond donors (Lipinski definition) is 1. The lowest BCUT2D eigenvalue weighted by Crippen LogP contribution is -2.27. The first-order valence-corrected chi connectivity index (χ1v) is 13.8. The minimum absolute atomic E-state index is 0.0596. The van der Waals surface area contributed by atoms with Crippen LogP contribution in [0.25, 0.3) is 22.5 Å². The number of aromatic nitrogens is 1. The molecule has 1 N–H and O–H groups in total. The molecule has 0 spiro atoms. The van der Waals surface area contributed by atoms with Gasteiger partial charge in [0.1, 0.15) is 11.6 Å². The van der Waals surface area contributed by atoms with Crippen molar-refractivity contribution in [2.75, 3.05) is 20.0 Å². The number of pyridine rings is 1. The maximum absolute atomic E-state index is 15.6. The van der Waals surface area contributed by atoms with E-state index >= 15 is 8.78 Å². The van der Waals surface area contributed by atoms with E-state index in [1.54, 1.807) is 6.07 Å². The van der Waals surface area contributed by atoms with Gasteiger partial charge in [-0.3, -0.25) is 19.7 Å². The van der Waals surface area contributed by atoms with E-state index < -0.39 is 46.7 Å². The summed E-state index contributed by atoms with van der Waals surface area (Å²) in [5.41, 5.74) is 0.505. The Hall–Kier alpha value is -4.16. The van der Waals surface area contributed by atoms with Crippen LogP contribution in [0.2, 0.25) is 0 Å². The molecule has 43 heavy (non-hydrogen) atoms. The molecule has 0 aliphatic carbocycles. The molecule has 0 amide bonds. The van der Waals surface area contributed by atoms with Crippen molar-refractivity contribution < 1.29 is 35.9 Å². The number of nitrogens with one attached hydrogen (secondary N) is 1. The van der Waals surface area contributed by atoms with Gasteiger partial charge < -0.3 is 4.74 Å². The molecule has 1 aliphatic heterocycles. The third kappa shape index (κ3) is 5.40. The fourth-order valence-electron chi connectivity index (χ4n) is 5.20. The van der Waals surface area contributed by atoms with Crippen LogP contribution < -0.4 is 15.8 Å². The van der Waals surface area contributed by atoms with Gasteiger partial charge in [0, 0.05) is 28.9 Å². The molecule has 0 saturated heterocycles. The molecular formula is C31H24F6N2O3S. The number of ether oxygens (including phenoxy) is 1. The van der Waals surface area contributed by atoms with Gasteiger partial charge in [-0.05, 0) is 48.4 Å². The first-order valence-electron chi connectivity index (χ1n) is 12.9.